The molecular weight excluding hydrogens is 375 g/mol. The Bertz CT molecular complexity index is 643. The van der Waals surface area contributed by atoms with Crippen molar-refractivity contribution in [2.45, 2.75) is 25.2 Å². The first-order valence-corrected chi connectivity index (χ1v) is 8.35. The van der Waals surface area contributed by atoms with E-state index in [4.69, 9.17) is 26.8 Å². The van der Waals surface area contributed by atoms with Crippen LogP contribution in [0.5, 0.6) is 11.5 Å². The first-order chi connectivity index (χ1) is 12.2. The first-order valence-electron chi connectivity index (χ1n) is 7.98. The van der Waals surface area contributed by atoms with Crippen LogP contribution in [0, 0.1) is 0 Å². The lowest BCUT2D eigenvalue weighted by Crippen LogP contribution is -2.36. The predicted octanol–water partition coefficient (Wildman–Crippen LogP) is 1.94. The van der Waals surface area contributed by atoms with Crippen LogP contribution < -0.4 is 20.5 Å². The zero-order valence-electron chi connectivity index (χ0n) is 14.2. The van der Waals surface area contributed by atoms with Crippen LogP contribution in [0.2, 0.25) is 5.02 Å². The lowest BCUT2D eigenvalue weighted by Gasteiger charge is -2.18. The van der Waals surface area contributed by atoms with Crippen LogP contribution in [-0.2, 0) is 11.3 Å². The highest BCUT2D eigenvalue weighted by atomic mass is 35.5. The van der Waals surface area contributed by atoms with Crippen LogP contribution >= 0.6 is 11.6 Å². The minimum absolute atomic E-state index is 0.0343. The number of nitrogens with zero attached hydrogens (tertiary/aromatic N) is 1. The highest BCUT2D eigenvalue weighted by molar-refractivity contribution is 6.32. The van der Waals surface area contributed by atoms with Gasteiger partial charge in [0.1, 0.15) is 0 Å². The Labute approximate surface area is 154 Å². The molecular formula is C16H21ClF3N3O3. The van der Waals surface area contributed by atoms with Crippen LogP contribution in [0.4, 0.5) is 13.2 Å². The normalized spacial score (nSPS) is 18.1. The SMILES string of the molecule is COc1cc(CN[C@@H]2CCN(CC(F)(F)F)C2)cc(Cl)c1OCC(N)=O. The Balaban J connectivity index is 1.94. The summed E-state index contributed by atoms with van der Waals surface area (Å²) in [5.74, 6) is -0.0758. The Hall–Kier alpha value is -1.71. The molecule has 6 nitrogen and oxygen atoms in total. The molecule has 146 valence electrons. The van der Waals surface area contributed by atoms with Crippen molar-refractivity contribution in [3.05, 3.63) is 22.7 Å². The van der Waals surface area contributed by atoms with Crippen LogP contribution in [0.25, 0.3) is 0 Å². The van der Waals surface area contributed by atoms with E-state index in [1.165, 1.54) is 12.0 Å². The standard InChI is InChI=1S/C16H21ClF3N3O3/c1-25-13-5-10(4-12(17)15(13)26-8-14(21)24)6-22-11-2-3-23(7-11)9-16(18,19)20/h4-5,11,22H,2-3,6-9H2,1H3,(H2,21,24)/t11-/m1/s1. The number of hydrogen-bond acceptors (Lipinski definition) is 5. The summed E-state index contributed by atoms with van der Waals surface area (Å²) in [5, 5.41) is 3.48. The number of carbonyl (C=O) groups is 1. The second-order valence-corrected chi connectivity index (χ2v) is 6.49. The number of hydrogen-bond donors (Lipinski definition) is 2. The molecule has 1 aliphatic rings. The van der Waals surface area contributed by atoms with E-state index < -0.39 is 18.6 Å². The summed E-state index contributed by atoms with van der Waals surface area (Å²) in [6.45, 7) is -0.0659. The van der Waals surface area contributed by atoms with E-state index in [0.29, 0.717) is 31.8 Å². The van der Waals surface area contributed by atoms with Gasteiger partial charge in [-0.05, 0) is 24.1 Å². The molecule has 1 aromatic rings. The highest BCUT2D eigenvalue weighted by Gasteiger charge is 2.34. The first kappa shape index (κ1) is 20.6. The summed E-state index contributed by atoms with van der Waals surface area (Å²) in [6.07, 6.45) is -3.54. The second-order valence-electron chi connectivity index (χ2n) is 6.08. The average molecular weight is 396 g/mol. The summed E-state index contributed by atoms with van der Waals surface area (Å²) in [4.78, 5) is 12.2. The van der Waals surface area contributed by atoms with E-state index in [-0.39, 0.29) is 23.4 Å². The lowest BCUT2D eigenvalue weighted by molar-refractivity contribution is -0.143. The number of alkyl halides is 3. The number of halogens is 4. The van der Waals surface area contributed by atoms with E-state index in [1.807, 2.05) is 0 Å². The van der Waals surface area contributed by atoms with Gasteiger partial charge < -0.3 is 20.5 Å². The molecule has 0 bridgehead atoms. The summed E-state index contributed by atoms with van der Waals surface area (Å²) >= 11 is 6.17. The van der Waals surface area contributed by atoms with Gasteiger partial charge in [0, 0.05) is 25.7 Å². The van der Waals surface area contributed by atoms with E-state index in [0.717, 1.165) is 5.56 Å². The molecule has 26 heavy (non-hydrogen) atoms. The number of benzene rings is 1. The molecule has 1 aliphatic heterocycles. The van der Waals surface area contributed by atoms with Crippen molar-refractivity contribution in [1.29, 1.82) is 0 Å². The Kier molecular flexibility index (Phi) is 6.96. The molecule has 1 saturated heterocycles. The Morgan fingerprint density at radius 1 is 1.46 bits per heavy atom. The second kappa shape index (κ2) is 8.79. The maximum Gasteiger partial charge on any atom is 0.401 e. The monoisotopic (exact) mass is 395 g/mol. The molecule has 0 radical (unpaired) electrons. The van der Waals surface area contributed by atoms with Gasteiger partial charge in [-0.15, -0.1) is 0 Å². The van der Waals surface area contributed by atoms with Crippen molar-refractivity contribution in [3.63, 3.8) is 0 Å². The number of methoxy groups -OCH3 is 1. The number of nitrogens with two attached hydrogens (primary N) is 1. The minimum atomic E-state index is -4.18. The van der Waals surface area contributed by atoms with Crippen molar-refractivity contribution >= 4 is 17.5 Å². The molecule has 3 N–H and O–H groups in total. The smallest absolute Gasteiger partial charge is 0.401 e. The molecule has 0 aromatic heterocycles. The predicted molar refractivity (Wildman–Crippen MR) is 90.4 cm³/mol. The molecule has 0 unspecified atom stereocenters. The molecule has 0 aliphatic carbocycles. The Morgan fingerprint density at radius 2 is 2.19 bits per heavy atom. The van der Waals surface area contributed by atoms with E-state index in [1.54, 1.807) is 12.1 Å². The third-order valence-corrected chi connectivity index (χ3v) is 4.20. The summed E-state index contributed by atoms with van der Waals surface area (Å²) in [5.41, 5.74) is 5.83. The van der Waals surface area contributed by atoms with Gasteiger partial charge in [0.2, 0.25) is 0 Å². The fourth-order valence-corrected chi connectivity index (χ4v) is 3.11. The van der Waals surface area contributed by atoms with Gasteiger partial charge >= 0.3 is 6.18 Å². The van der Waals surface area contributed by atoms with E-state index in [2.05, 4.69) is 5.32 Å². The van der Waals surface area contributed by atoms with Crippen molar-refractivity contribution < 1.29 is 27.4 Å². The Morgan fingerprint density at radius 3 is 2.81 bits per heavy atom. The van der Waals surface area contributed by atoms with Crippen LogP contribution in [-0.4, -0.2) is 56.4 Å². The van der Waals surface area contributed by atoms with Crippen molar-refractivity contribution in [2.75, 3.05) is 33.4 Å². The zero-order chi connectivity index (χ0) is 19.3. The summed E-state index contributed by atoms with van der Waals surface area (Å²) in [7, 11) is 1.44. The van der Waals surface area contributed by atoms with Gasteiger partial charge in [0.15, 0.2) is 18.1 Å². The molecule has 10 heteroatoms. The number of rotatable bonds is 8. The van der Waals surface area contributed by atoms with Crippen molar-refractivity contribution in [3.8, 4) is 11.5 Å². The van der Waals surface area contributed by atoms with Gasteiger partial charge in [0.25, 0.3) is 5.91 Å². The van der Waals surface area contributed by atoms with Gasteiger partial charge in [0.05, 0.1) is 18.7 Å². The van der Waals surface area contributed by atoms with Crippen LogP contribution in [0.3, 0.4) is 0 Å². The molecule has 1 aromatic carbocycles. The number of ether oxygens (including phenoxy) is 2. The highest BCUT2D eigenvalue weighted by Crippen LogP contribution is 2.36. The number of nitrogens with one attached hydrogen (secondary N) is 1. The maximum atomic E-state index is 12.4. The number of carbonyl (C=O) groups excluding carboxylic acids is 1. The van der Waals surface area contributed by atoms with Crippen molar-refractivity contribution in [1.82, 2.24) is 10.2 Å². The third-order valence-electron chi connectivity index (χ3n) is 3.92. The molecule has 1 heterocycles. The molecule has 1 atom stereocenters. The number of likely N-dealkylation sites (tertiary alicyclic amines) is 1. The van der Waals surface area contributed by atoms with Crippen LogP contribution in [0.15, 0.2) is 12.1 Å². The maximum absolute atomic E-state index is 12.4. The average Bonchev–Trinajstić information content (AvgIpc) is 2.96. The molecule has 0 spiro atoms. The van der Waals surface area contributed by atoms with Gasteiger partial charge in [-0.25, -0.2) is 0 Å². The topological polar surface area (TPSA) is 76.8 Å². The number of amides is 1. The summed E-state index contributed by atoms with van der Waals surface area (Å²) < 4.78 is 47.8. The molecule has 1 fully saturated rings. The molecule has 1 amide bonds. The van der Waals surface area contributed by atoms with E-state index in [9.17, 15) is 18.0 Å². The largest absolute Gasteiger partial charge is 0.493 e. The van der Waals surface area contributed by atoms with Crippen molar-refractivity contribution in [2.24, 2.45) is 5.73 Å². The quantitative estimate of drug-likeness (QED) is 0.703. The summed E-state index contributed by atoms with van der Waals surface area (Å²) in [6, 6.07) is 3.31. The van der Waals surface area contributed by atoms with Crippen LogP contribution in [0.1, 0.15) is 12.0 Å². The zero-order valence-corrected chi connectivity index (χ0v) is 15.0. The van der Waals surface area contributed by atoms with E-state index >= 15 is 0 Å². The molecule has 2 rings (SSSR count). The fraction of sp³-hybridized carbons (Fsp3) is 0.562. The number of primary amides is 1. The molecule has 0 saturated carbocycles. The third kappa shape index (κ3) is 6.22. The lowest BCUT2D eigenvalue weighted by atomic mass is 10.1. The fourth-order valence-electron chi connectivity index (χ4n) is 2.82. The minimum Gasteiger partial charge on any atom is -0.493 e. The van der Waals surface area contributed by atoms with Gasteiger partial charge in [-0.1, -0.05) is 11.6 Å². The van der Waals surface area contributed by atoms with Gasteiger partial charge in [-0.3, -0.25) is 9.69 Å². The van der Waals surface area contributed by atoms with Gasteiger partial charge in [-0.2, -0.15) is 13.2 Å².